The van der Waals surface area contributed by atoms with Crippen molar-refractivity contribution in [3.05, 3.63) is 88.9 Å². The Morgan fingerprint density at radius 3 is 2.55 bits per heavy atom. The average molecular weight is 445 g/mol. The van der Waals surface area contributed by atoms with Crippen molar-refractivity contribution < 1.29 is 4.79 Å². The highest BCUT2D eigenvalue weighted by molar-refractivity contribution is 7.98. The van der Waals surface area contributed by atoms with Crippen molar-refractivity contribution >= 4 is 50.3 Å². The standard InChI is InChI=1S/C24H20N4OS2/c1-28(14-22-25-20-12-6-7-13-21(20)31-22)23(29)17-9-3-2-8-16(17)15-30-24-26-18-10-4-5-11-19(18)27-24/h2-13H,14-15H2,1H3,(H,26,27). The van der Waals surface area contributed by atoms with Crippen molar-refractivity contribution in [2.24, 2.45) is 0 Å². The van der Waals surface area contributed by atoms with Gasteiger partial charge in [-0.2, -0.15) is 0 Å². The highest BCUT2D eigenvalue weighted by atomic mass is 32.2. The van der Waals surface area contributed by atoms with E-state index in [4.69, 9.17) is 0 Å². The Balaban J connectivity index is 1.31. The van der Waals surface area contributed by atoms with Crippen LogP contribution in [0.5, 0.6) is 0 Å². The highest BCUT2D eigenvalue weighted by Crippen LogP contribution is 2.26. The molecular weight excluding hydrogens is 424 g/mol. The fourth-order valence-corrected chi connectivity index (χ4v) is 5.38. The molecule has 1 N–H and O–H groups in total. The van der Waals surface area contributed by atoms with Crippen molar-refractivity contribution in [2.45, 2.75) is 17.5 Å². The number of carbonyl (C=O) groups excluding carboxylic acids is 1. The normalized spacial score (nSPS) is 11.3. The summed E-state index contributed by atoms with van der Waals surface area (Å²) < 4.78 is 1.14. The van der Waals surface area contributed by atoms with Crippen LogP contribution in [0.25, 0.3) is 21.3 Å². The smallest absolute Gasteiger partial charge is 0.254 e. The van der Waals surface area contributed by atoms with Crippen LogP contribution in [0.4, 0.5) is 0 Å². The van der Waals surface area contributed by atoms with E-state index in [9.17, 15) is 4.79 Å². The van der Waals surface area contributed by atoms with Crippen LogP contribution in [0, 0.1) is 0 Å². The van der Waals surface area contributed by atoms with Crippen molar-refractivity contribution in [1.29, 1.82) is 0 Å². The lowest BCUT2D eigenvalue weighted by Gasteiger charge is -2.17. The molecule has 1 amide bonds. The quantitative estimate of drug-likeness (QED) is 0.339. The number of thioether (sulfide) groups is 1. The van der Waals surface area contributed by atoms with Gasteiger partial charge in [-0.05, 0) is 35.9 Å². The summed E-state index contributed by atoms with van der Waals surface area (Å²) in [7, 11) is 1.83. The Morgan fingerprint density at radius 2 is 1.71 bits per heavy atom. The summed E-state index contributed by atoms with van der Waals surface area (Å²) in [5.74, 6) is 0.663. The summed E-state index contributed by atoms with van der Waals surface area (Å²) in [6.07, 6.45) is 0. The maximum atomic E-state index is 13.2. The number of imidazole rings is 1. The zero-order valence-electron chi connectivity index (χ0n) is 16.9. The van der Waals surface area contributed by atoms with E-state index in [2.05, 4.69) is 21.0 Å². The number of aromatic amines is 1. The summed E-state index contributed by atoms with van der Waals surface area (Å²) in [6.45, 7) is 0.489. The molecule has 0 aliphatic heterocycles. The molecule has 5 rings (SSSR count). The topological polar surface area (TPSA) is 61.9 Å². The first-order valence-electron chi connectivity index (χ1n) is 9.93. The molecule has 2 aromatic heterocycles. The maximum Gasteiger partial charge on any atom is 0.254 e. The molecule has 5 nitrogen and oxygen atoms in total. The Morgan fingerprint density at radius 1 is 0.968 bits per heavy atom. The molecule has 0 bridgehead atoms. The number of fused-ring (bicyclic) bond motifs is 2. The van der Waals surface area contributed by atoms with Gasteiger partial charge >= 0.3 is 0 Å². The minimum absolute atomic E-state index is 0.0000575. The number of amides is 1. The molecule has 2 heterocycles. The molecule has 154 valence electrons. The highest BCUT2D eigenvalue weighted by Gasteiger charge is 2.18. The van der Waals surface area contributed by atoms with Gasteiger partial charge in [0.15, 0.2) is 5.16 Å². The molecule has 0 aliphatic carbocycles. The monoisotopic (exact) mass is 444 g/mol. The van der Waals surface area contributed by atoms with Crippen LogP contribution < -0.4 is 0 Å². The van der Waals surface area contributed by atoms with Crippen LogP contribution in [0.15, 0.2) is 78.0 Å². The number of rotatable bonds is 6. The minimum Gasteiger partial charge on any atom is -0.335 e. The van der Waals surface area contributed by atoms with Crippen LogP contribution in [0.3, 0.4) is 0 Å². The number of para-hydroxylation sites is 3. The number of carbonyl (C=O) groups is 1. The first kappa shape index (κ1) is 19.8. The van der Waals surface area contributed by atoms with E-state index in [1.807, 2.05) is 73.8 Å². The van der Waals surface area contributed by atoms with Gasteiger partial charge in [0.2, 0.25) is 0 Å². The van der Waals surface area contributed by atoms with Crippen molar-refractivity contribution in [3.63, 3.8) is 0 Å². The van der Waals surface area contributed by atoms with E-state index in [1.54, 1.807) is 28.0 Å². The number of benzene rings is 3. The van der Waals surface area contributed by atoms with Gasteiger partial charge in [0.25, 0.3) is 5.91 Å². The number of thiazole rings is 1. The van der Waals surface area contributed by atoms with E-state index in [-0.39, 0.29) is 5.91 Å². The van der Waals surface area contributed by atoms with Crippen LogP contribution in [-0.2, 0) is 12.3 Å². The summed E-state index contributed by atoms with van der Waals surface area (Å²) in [5.41, 5.74) is 4.66. The van der Waals surface area contributed by atoms with Crippen molar-refractivity contribution in [3.8, 4) is 0 Å². The summed E-state index contributed by atoms with van der Waals surface area (Å²) >= 11 is 3.23. The first-order valence-corrected chi connectivity index (χ1v) is 11.7. The van der Waals surface area contributed by atoms with Gasteiger partial charge in [-0.15, -0.1) is 11.3 Å². The average Bonchev–Trinajstić information content (AvgIpc) is 3.40. The van der Waals surface area contributed by atoms with E-state index in [1.165, 1.54) is 0 Å². The third-order valence-electron chi connectivity index (χ3n) is 5.04. The molecule has 3 aromatic carbocycles. The van der Waals surface area contributed by atoms with Gasteiger partial charge in [-0.1, -0.05) is 54.2 Å². The van der Waals surface area contributed by atoms with Gasteiger partial charge in [0.1, 0.15) is 5.01 Å². The third-order valence-corrected chi connectivity index (χ3v) is 6.98. The number of nitrogens with zero attached hydrogens (tertiary/aromatic N) is 3. The zero-order valence-corrected chi connectivity index (χ0v) is 18.5. The number of H-pyrrole nitrogens is 1. The number of aromatic nitrogens is 3. The molecule has 0 atom stereocenters. The molecular formula is C24H20N4OS2. The Bertz CT molecular complexity index is 1310. The van der Waals surface area contributed by atoms with Gasteiger partial charge < -0.3 is 9.88 Å². The third kappa shape index (κ3) is 4.19. The molecule has 7 heteroatoms. The van der Waals surface area contributed by atoms with E-state index >= 15 is 0 Å². The molecule has 0 unspecified atom stereocenters. The molecule has 0 saturated heterocycles. The SMILES string of the molecule is CN(Cc1nc2ccccc2s1)C(=O)c1ccccc1CSc1nc2ccccc2[nH]1. The largest absolute Gasteiger partial charge is 0.335 e. The summed E-state index contributed by atoms with van der Waals surface area (Å²) in [6, 6.07) is 23.8. The zero-order chi connectivity index (χ0) is 21.2. The Kier molecular flexibility index (Phi) is 5.44. The van der Waals surface area contributed by atoms with Crippen LogP contribution >= 0.6 is 23.1 Å². The lowest BCUT2D eigenvalue weighted by Crippen LogP contribution is -2.27. The van der Waals surface area contributed by atoms with Gasteiger partial charge in [0, 0.05) is 18.4 Å². The van der Waals surface area contributed by atoms with Crippen LogP contribution in [0.2, 0.25) is 0 Å². The molecule has 31 heavy (non-hydrogen) atoms. The second-order valence-corrected chi connectivity index (χ2v) is 9.32. The number of nitrogens with one attached hydrogen (secondary N) is 1. The molecule has 0 spiro atoms. The Labute approximate surface area is 188 Å². The predicted octanol–water partition coefficient (Wildman–Crippen LogP) is 5.74. The number of hydrogen-bond donors (Lipinski definition) is 1. The van der Waals surface area contributed by atoms with Gasteiger partial charge in [-0.25, -0.2) is 9.97 Å². The van der Waals surface area contributed by atoms with Gasteiger partial charge in [-0.3, -0.25) is 4.79 Å². The molecule has 0 radical (unpaired) electrons. The summed E-state index contributed by atoms with van der Waals surface area (Å²) in [5, 5.41) is 1.79. The van der Waals surface area contributed by atoms with E-state index < -0.39 is 0 Å². The molecule has 0 saturated carbocycles. The molecule has 0 fully saturated rings. The van der Waals surface area contributed by atoms with E-state index in [0.717, 1.165) is 42.5 Å². The second-order valence-electron chi connectivity index (χ2n) is 7.24. The maximum absolute atomic E-state index is 13.2. The first-order chi connectivity index (χ1) is 15.2. The van der Waals surface area contributed by atoms with Crippen LogP contribution in [0.1, 0.15) is 20.9 Å². The van der Waals surface area contributed by atoms with E-state index in [0.29, 0.717) is 12.3 Å². The van der Waals surface area contributed by atoms with Crippen LogP contribution in [-0.4, -0.2) is 32.8 Å². The minimum atomic E-state index is 0.0000575. The second kappa shape index (κ2) is 8.53. The molecule has 0 aliphatic rings. The fraction of sp³-hybridized carbons (Fsp3) is 0.125. The fourth-order valence-electron chi connectivity index (χ4n) is 3.47. The lowest BCUT2D eigenvalue weighted by atomic mass is 10.1. The summed E-state index contributed by atoms with van der Waals surface area (Å²) in [4.78, 5) is 27.6. The lowest BCUT2D eigenvalue weighted by molar-refractivity contribution is 0.0784. The number of hydrogen-bond acceptors (Lipinski definition) is 5. The van der Waals surface area contributed by atoms with Crippen molar-refractivity contribution in [2.75, 3.05) is 7.05 Å². The van der Waals surface area contributed by atoms with Crippen molar-refractivity contribution in [1.82, 2.24) is 19.9 Å². The predicted molar refractivity (Wildman–Crippen MR) is 128 cm³/mol. The Hall–Kier alpha value is -3.16. The molecule has 5 aromatic rings. The van der Waals surface area contributed by atoms with Gasteiger partial charge in [0.05, 0.1) is 27.8 Å².